The van der Waals surface area contributed by atoms with Gasteiger partial charge < -0.3 is 32.5 Å². The Morgan fingerprint density at radius 1 is 1.04 bits per heavy atom. The summed E-state index contributed by atoms with van der Waals surface area (Å²) in [6, 6.07) is 8.99. The molecule has 1 amide bonds. The molecular formula is C30H31N13O4. The molecule has 0 aliphatic carbocycles. The van der Waals surface area contributed by atoms with Crippen molar-refractivity contribution in [2.24, 2.45) is 0 Å². The van der Waals surface area contributed by atoms with Crippen LogP contribution in [-0.4, -0.2) is 75.9 Å². The molecule has 0 saturated carbocycles. The fourth-order valence-corrected chi connectivity index (χ4v) is 5.56. The van der Waals surface area contributed by atoms with Gasteiger partial charge in [-0.3, -0.25) is 9.59 Å². The maximum atomic E-state index is 13.1. The summed E-state index contributed by atoms with van der Waals surface area (Å²) < 4.78 is 0. The molecule has 1 atom stereocenters. The van der Waals surface area contributed by atoms with Gasteiger partial charge in [0.25, 0.3) is 5.91 Å². The number of aliphatic carboxylic acids is 1. The molecule has 5 aromatic rings. The van der Waals surface area contributed by atoms with Crippen molar-refractivity contribution in [1.82, 2.24) is 45.9 Å². The molecule has 0 unspecified atom stereocenters. The van der Waals surface area contributed by atoms with Gasteiger partial charge >= 0.3 is 5.97 Å². The van der Waals surface area contributed by atoms with Gasteiger partial charge in [0.1, 0.15) is 6.04 Å². The number of anilines is 4. The number of hydrogen-bond acceptors (Lipinski definition) is 14. The number of ketones is 1. The number of nitrogens with one attached hydrogen (secondary N) is 2. The zero-order valence-corrected chi connectivity index (χ0v) is 25.1. The first-order chi connectivity index (χ1) is 22.7. The number of amides is 1. The number of Topliss-reactive ketones (excluding diaryl/α,β-unsaturated/α-hetero) is 1. The molecule has 6 rings (SSSR count). The number of nitrogens with zero attached hydrogens (tertiary/aromatic N) is 8. The number of H-pyrrole nitrogens is 1. The Balaban J connectivity index is 1.04. The van der Waals surface area contributed by atoms with Crippen LogP contribution in [0.3, 0.4) is 0 Å². The second-order valence-electron chi connectivity index (χ2n) is 11.1. The van der Waals surface area contributed by atoms with E-state index in [1.54, 1.807) is 36.5 Å². The molecule has 0 radical (unpaired) electrons. The number of benzene rings is 2. The van der Waals surface area contributed by atoms with E-state index in [2.05, 4.69) is 50.8 Å². The Morgan fingerprint density at radius 3 is 2.68 bits per heavy atom. The van der Waals surface area contributed by atoms with E-state index < -0.39 is 17.9 Å². The molecule has 17 nitrogen and oxygen atoms in total. The molecule has 4 heterocycles. The lowest BCUT2D eigenvalue weighted by Crippen LogP contribution is -2.40. The predicted octanol–water partition coefficient (Wildman–Crippen LogP) is 1.54. The quantitative estimate of drug-likeness (QED) is 0.0643. The number of carboxylic acid groups (broad SMARTS) is 1. The van der Waals surface area contributed by atoms with E-state index in [9.17, 15) is 19.5 Å². The number of tetrazole rings is 1. The zero-order chi connectivity index (χ0) is 33.1. The Bertz CT molecular complexity index is 1980. The molecular weight excluding hydrogens is 606 g/mol. The molecule has 2 aromatic carbocycles. The first-order valence-electron chi connectivity index (χ1n) is 14.8. The Morgan fingerprint density at radius 2 is 1.89 bits per heavy atom. The normalized spacial score (nSPS) is 13.0. The molecule has 1 aliphatic heterocycles. The van der Waals surface area contributed by atoms with Gasteiger partial charge in [-0.1, -0.05) is 6.42 Å². The van der Waals surface area contributed by atoms with Crippen LogP contribution in [0.25, 0.3) is 22.6 Å². The zero-order valence-electron chi connectivity index (χ0n) is 25.1. The fraction of sp³-hybridized carbons (Fsp3) is 0.267. The van der Waals surface area contributed by atoms with Crippen molar-refractivity contribution >= 4 is 52.0 Å². The van der Waals surface area contributed by atoms with Gasteiger partial charge in [-0.15, -0.1) is 10.2 Å². The van der Waals surface area contributed by atoms with Gasteiger partial charge in [0.2, 0.25) is 11.8 Å². The summed E-state index contributed by atoms with van der Waals surface area (Å²) in [7, 11) is 0. The third-order valence-electron chi connectivity index (χ3n) is 7.87. The minimum atomic E-state index is -1.15. The average Bonchev–Trinajstić information content (AvgIpc) is 3.73. The van der Waals surface area contributed by atoms with E-state index in [0.717, 1.165) is 11.3 Å². The van der Waals surface area contributed by atoms with Crippen LogP contribution in [0.2, 0.25) is 0 Å². The Kier molecular flexibility index (Phi) is 8.50. The van der Waals surface area contributed by atoms with Crippen molar-refractivity contribution in [3.63, 3.8) is 0 Å². The average molecular weight is 638 g/mol. The van der Waals surface area contributed by atoms with Crippen LogP contribution in [0.5, 0.6) is 0 Å². The van der Waals surface area contributed by atoms with E-state index in [0.29, 0.717) is 71.6 Å². The smallest absolute Gasteiger partial charge is 0.326 e. The Labute approximate surface area is 267 Å². The minimum absolute atomic E-state index is 0.0268. The van der Waals surface area contributed by atoms with Crippen LogP contribution in [0, 0.1) is 0 Å². The van der Waals surface area contributed by atoms with Crippen LogP contribution < -0.4 is 27.4 Å². The highest BCUT2D eigenvalue weighted by molar-refractivity contribution is 6.02. The Hall–Kier alpha value is -6.26. The van der Waals surface area contributed by atoms with Gasteiger partial charge in [0.05, 0.1) is 18.4 Å². The van der Waals surface area contributed by atoms with Gasteiger partial charge in [-0.05, 0) is 66.4 Å². The summed E-state index contributed by atoms with van der Waals surface area (Å²) in [4.78, 5) is 57.0. The van der Waals surface area contributed by atoms with Crippen molar-refractivity contribution in [3.05, 3.63) is 65.0 Å². The maximum absolute atomic E-state index is 13.1. The molecule has 0 spiro atoms. The van der Waals surface area contributed by atoms with Gasteiger partial charge in [0.15, 0.2) is 22.8 Å². The highest BCUT2D eigenvalue weighted by Gasteiger charge is 2.25. The molecule has 17 heteroatoms. The van der Waals surface area contributed by atoms with Crippen LogP contribution in [0.4, 0.5) is 23.1 Å². The number of carbonyl (C=O) groups is 3. The predicted molar refractivity (Wildman–Crippen MR) is 171 cm³/mol. The lowest BCUT2D eigenvalue weighted by Gasteiger charge is -2.19. The largest absolute Gasteiger partial charge is 0.480 e. The highest BCUT2D eigenvalue weighted by Crippen LogP contribution is 2.30. The van der Waals surface area contributed by atoms with Crippen LogP contribution in [0.1, 0.15) is 57.7 Å². The molecule has 0 bridgehead atoms. The molecule has 240 valence electrons. The first kappa shape index (κ1) is 30.8. The number of hydrogen-bond donors (Lipinski definition) is 6. The molecule has 9 N–H and O–H groups in total. The lowest BCUT2D eigenvalue weighted by atomic mass is 9.97. The van der Waals surface area contributed by atoms with Crippen molar-refractivity contribution in [2.45, 2.75) is 44.7 Å². The number of fused-ring (bicyclic) bond motifs is 2. The summed E-state index contributed by atoms with van der Waals surface area (Å²) in [6.07, 6.45) is 3.44. The number of carbonyl (C=O) groups excluding carboxylic acids is 2. The minimum Gasteiger partial charge on any atom is -0.480 e. The summed E-state index contributed by atoms with van der Waals surface area (Å²) in [6.45, 7) is 1.14. The van der Waals surface area contributed by atoms with Crippen molar-refractivity contribution < 1.29 is 19.5 Å². The standard InChI is InChI=1S/C30H31N13O4/c31-17-6-7-19(20(12-17)26-39-41-42-40-26)23(44)4-2-1-3-21(29(46)47)36-28(45)16-5-8-22-15(11-16)9-10-43(22)14-18-13-34-27-24(35-18)25(32)37-30(33)38-27/h5-8,11-13,21H,1-4,9-10,14,31H2,(H,36,45)(H,46,47)(H,39,40,41,42)(H4,32,33,34,37,38)/t21-/m0/s1. The van der Waals surface area contributed by atoms with Crippen molar-refractivity contribution in [1.29, 1.82) is 0 Å². The summed E-state index contributed by atoms with van der Waals surface area (Å²) >= 11 is 0. The van der Waals surface area contributed by atoms with Crippen LogP contribution in [0.15, 0.2) is 42.6 Å². The van der Waals surface area contributed by atoms with Crippen molar-refractivity contribution in [2.75, 3.05) is 28.6 Å². The number of unbranched alkanes of at least 4 members (excludes halogenated alkanes) is 1. The van der Waals surface area contributed by atoms with E-state index in [-0.39, 0.29) is 36.2 Å². The summed E-state index contributed by atoms with van der Waals surface area (Å²) in [5.74, 6) is -1.37. The second kappa shape index (κ2) is 13.0. The molecule has 0 fully saturated rings. The second-order valence-corrected chi connectivity index (χ2v) is 11.1. The van der Waals surface area contributed by atoms with Gasteiger partial charge in [-0.25, -0.2) is 14.8 Å². The van der Waals surface area contributed by atoms with Crippen LogP contribution in [-0.2, 0) is 17.8 Å². The summed E-state index contributed by atoms with van der Waals surface area (Å²) in [5, 5.41) is 26.2. The van der Waals surface area contributed by atoms with E-state index in [1.165, 1.54) is 0 Å². The summed E-state index contributed by atoms with van der Waals surface area (Å²) in [5.41, 5.74) is 22.4. The van der Waals surface area contributed by atoms with E-state index in [4.69, 9.17) is 17.2 Å². The number of rotatable bonds is 12. The number of aromatic nitrogens is 8. The number of nitrogen functional groups attached to an aromatic ring is 3. The first-order valence-corrected chi connectivity index (χ1v) is 14.8. The van der Waals surface area contributed by atoms with Gasteiger partial charge in [0, 0.05) is 41.0 Å². The molecule has 1 aliphatic rings. The topological polar surface area (TPSA) is 271 Å². The van der Waals surface area contributed by atoms with Crippen molar-refractivity contribution in [3.8, 4) is 11.4 Å². The fourth-order valence-electron chi connectivity index (χ4n) is 5.56. The monoisotopic (exact) mass is 637 g/mol. The molecule has 0 saturated heterocycles. The van der Waals surface area contributed by atoms with E-state index in [1.807, 2.05) is 6.07 Å². The van der Waals surface area contributed by atoms with Crippen LogP contribution >= 0.6 is 0 Å². The third-order valence-corrected chi connectivity index (χ3v) is 7.87. The van der Waals surface area contributed by atoms with E-state index >= 15 is 0 Å². The number of aromatic amines is 1. The SMILES string of the molecule is Nc1ccc(C(=O)CCCC[C@H](NC(=O)c2ccc3c(c2)CCN3Cc2cnc3nc(N)nc(N)c3n2)C(=O)O)c(-c2nn[nH]n2)c1. The molecule has 3 aromatic heterocycles. The van der Waals surface area contributed by atoms with Gasteiger partial charge in [-0.2, -0.15) is 15.2 Å². The lowest BCUT2D eigenvalue weighted by molar-refractivity contribution is -0.139. The number of carboxylic acids is 1. The maximum Gasteiger partial charge on any atom is 0.326 e. The number of nitrogens with two attached hydrogens (primary N) is 3. The third kappa shape index (κ3) is 6.73. The molecule has 47 heavy (non-hydrogen) atoms. The highest BCUT2D eigenvalue weighted by atomic mass is 16.4.